The average Bonchev–Trinajstić information content (AvgIpc) is 2.03. The molecule has 1 N–H and O–H groups in total. The van der Waals surface area contributed by atoms with Crippen LogP contribution in [0.2, 0.25) is 0 Å². The highest BCUT2D eigenvalue weighted by molar-refractivity contribution is 5.31. The fourth-order valence-electron chi connectivity index (χ4n) is 0.791. The van der Waals surface area contributed by atoms with Crippen LogP contribution in [0.15, 0.2) is 34.5 Å². The maximum Gasteiger partial charge on any atom is 0.120 e. The zero-order valence-electron chi connectivity index (χ0n) is 6.36. The van der Waals surface area contributed by atoms with Crippen molar-refractivity contribution in [2.75, 3.05) is 7.05 Å². The van der Waals surface area contributed by atoms with Crippen LogP contribution < -0.4 is 0 Å². The summed E-state index contributed by atoms with van der Waals surface area (Å²) in [6.45, 7) is 0.448. The number of nitrogens with zero attached hydrogens (tertiary/aromatic N) is 2. The van der Waals surface area contributed by atoms with Gasteiger partial charge in [0.1, 0.15) is 5.75 Å². The van der Waals surface area contributed by atoms with Crippen LogP contribution in [-0.4, -0.2) is 12.2 Å². The molecule has 3 heteroatoms. The van der Waals surface area contributed by atoms with E-state index in [1.54, 1.807) is 19.2 Å². The molecule has 0 aliphatic rings. The predicted molar refractivity (Wildman–Crippen MR) is 42.6 cm³/mol. The summed E-state index contributed by atoms with van der Waals surface area (Å²) in [7, 11) is 1.61. The summed E-state index contributed by atoms with van der Waals surface area (Å²) in [6, 6.07) is 7.10. The molecule has 1 aromatic rings. The molecule has 0 heterocycles. The molecule has 0 radical (unpaired) electrons. The summed E-state index contributed by atoms with van der Waals surface area (Å²) in [5.41, 5.74) is 0.804. The number of phenolic OH excluding ortho intramolecular Hbond substituents is 1. The van der Waals surface area contributed by atoms with E-state index in [1.807, 2.05) is 12.1 Å². The lowest BCUT2D eigenvalue weighted by molar-refractivity contribution is 0.468. The van der Waals surface area contributed by atoms with Gasteiger partial charge in [0, 0.05) is 12.6 Å². The second-order valence-electron chi connectivity index (χ2n) is 2.13. The number of hydrogen-bond donors (Lipinski definition) is 1. The van der Waals surface area contributed by atoms with E-state index < -0.39 is 0 Å². The highest BCUT2D eigenvalue weighted by atomic mass is 16.3. The Kier molecular flexibility index (Phi) is 2.60. The Bertz CT molecular complexity index is 258. The van der Waals surface area contributed by atoms with Crippen LogP contribution in [0, 0.1) is 0 Å². The molecule has 0 spiro atoms. The molecule has 11 heavy (non-hydrogen) atoms. The molecule has 3 nitrogen and oxygen atoms in total. The smallest absolute Gasteiger partial charge is 0.120 e. The number of aromatic hydroxyl groups is 1. The lowest BCUT2D eigenvalue weighted by atomic mass is 10.2. The summed E-state index contributed by atoms with van der Waals surface area (Å²) in [6.07, 6.45) is 0. The van der Waals surface area contributed by atoms with Crippen LogP contribution in [0.4, 0.5) is 0 Å². The van der Waals surface area contributed by atoms with Crippen LogP contribution in [0.1, 0.15) is 5.56 Å². The lowest BCUT2D eigenvalue weighted by Gasteiger charge is -1.97. The largest absolute Gasteiger partial charge is 0.508 e. The molecule has 0 aliphatic carbocycles. The molecular weight excluding hydrogens is 140 g/mol. The van der Waals surface area contributed by atoms with Crippen LogP contribution >= 0.6 is 0 Å². The number of phenols is 1. The molecule has 58 valence electrons. The predicted octanol–water partition coefficient (Wildman–Crippen LogP) is 1.97. The molecule has 1 aromatic carbocycles. The minimum absolute atomic E-state index is 0.278. The number of azo groups is 1. The van der Waals surface area contributed by atoms with Gasteiger partial charge < -0.3 is 5.11 Å². The average molecular weight is 150 g/mol. The van der Waals surface area contributed by atoms with Gasteiger partial charge >= 0.3 is 0 Å². The first-order valence-corrected chi connectivity index (χ1v) is 3.37. The molecule has 0 atom stereocenters. The van der Waals surface area contributed by atoms with Gasteiger partial charge in [-0.25, -0.2) is 0 Å². The third-order valence-electron chi connectivity index (χ3n) is 1.37. The van der Waals surface area contributed by atoms with E-state index in [0.29, 0.717) is 6.54 Å². The van der Waals surface area contributed by atoms with Crippen molar-refractivity contribution in [2.45, 2.75) is 6.54 Å². The fraction of sp³-hybridized carbons (Fsp3) is 0.250. The van der Waals surface area contributed by atoms with Gasteiger partial charge in [-0.1, -0.05) is 18.2 Å². The highest BCUT2D eigenvalue weighted by Gasteiger charge is 1.95. The van der Waals surface area contributed by atoms with Crippen molar-refractivity contribution in [3.05, 3.63) is 29.8 Å². The van der Waals surface area contributed by atoms with E-state index in [9.17, 15) is 5.11 Å². The van der Waals surface area contributed by atoms with Crippen LogP contribution in [0.3, 0.4) is 0 Å². The Balaban J connectivity index is 2.77. The van der Waals surface area contributed by atoms with E-state index in [1.165, 1.54) is 0 Å². The fourth-order valence-corrected chi connectivity index (χ4v) is 0.791. The van der Waals surface area contributed by atoms with Crippen molar-refractivity contribution in [3.63, 3.8) is 0 Å². The second-order valence-corrected chi connectivity index (χ2v) is 2.13. The van der Waals surface area contributed by atoms with E-state index in [2.05, 4.69) is 10.2 Å². The molecule has 0 amide bonds. The number of rotatable bonds is 2. The number of benzene rings is 1. The Hall–Kier alpha value is -1.38. The van der Waals surface area contributed by atoms with Crippen molar-refractivity contribution in [1.29, 1.82) is 0 Å². The van der Waals surface area contributed by atoms with Crippen molar-refractivity contribution in [1.82, 2.24) is 0 Å². The Morgan fingerprint density at radius 1 is 1.36 bits per heavy atom. The van der Waals surface area contributed by atoms with Crippen molar-refractivity contribution >= 4 is 0 Å². The third kappa shape index (κ3) is 2.04. The van der Waals surface area contributed by atoms with Gasteiger partial charge in [0.15, 0.2) is 0 Å². The second kappa shape index (κ2) is 3.71. The van der Waals surface area contributed by atoms with E-state index >= 15 is 0 Å². The quantitative estimate of drug-likeness (QED) is 0.643. The first kappa shape index (κ1) is 7.72. The van der Waals surface area contributed by atoms with Crippen molar-refractivity contribution < 1.29 is 5.11 Å². The maximum atomic E-state index is 9.24. The standard InChI is InChI=1S/C8H10N2O/c1-9-10-6-7-4-2-3-5-8(7)11/h2-5,11H,6H2,1H3. The van der Waals surface area contributed by atoms with Gasteiger partial charge in [0.2, 0.25) is 0 Å². The Labute approximate surface area is 65.4 Å². The molecule has 0 aromatic heterocycles. The molecule has 0 bridgehead atoms. The van der Waals surface area contributed by atoms with Gasteiger partial charge in [-0.3, -0.25) is 0 Å². The summed E-state index contributed by atoms with van der Waals surface area (Å²) in [5.74, 6) is 0.278. The minimum atomic E-state index is 0.278. The molecule has 0 fully saturated rings. The molecular formula is C8H10N2O. The van der Waals surface area contributed by atoms with Gasteiger partial charge in [0.25, 0.3) is 0 Å². The van der Waals surface area contributed by atoms with Crippen molar-refractivity contribution in [2.24, 2.45) is 10.2 Å². The maximum absolute atomic E-state index is 9.24. The molecule has 0 aliphatic heterocycles. The van der Waals surface area contributed by atoms with Crippen LogP contribution in [0.5, 0.6) is 5.75 Å². The van der Waals surface area contributed by atoms with Crippen LogP contribution in [0.25, 0.3) is 0 Å². The van der Waals surface area contributed by atoms with Gasteiger partial charge in [-0.15, -0.1) is 0 Å². The first-order chi connectivity index (χ1) is 5.34. The Morgan fingerprint density at radius 2 is 2.09 bits per heavy atom. The number of hydrogen-bond acceptors (Lipinski definition) is 3. The number of para-hydroxylation sites is 1. The molecule has 0 saturated carbocycles. The summed E-state index contributed by atoms with van der Waals surface area (Å²) in [5, 5.41) is 16.6. The zero-order chi connectivity index (χ0) is 8.10. The van der Waals surface area contributed by atoms with Gasteiger partial charge in [0.05, 0.1) is 6.54 Å². The molecule has 1 rings (SSSR count). The Morgan fingerprint density at radius 3 is 2.73 bits per heavy atom. The van der Waals surface area contributed by atoms with Crippen molar-refractivity contribution in [3.8, 4) is 5.75 Å². The third-order valence-corrected chi connectivity index (χ3v) is 1.37. The SMILES string of the molecule is CN=NCc1ccccc1O. The normalized spacial score (nSPS) is 10.6. The first-order valence-electron chi connectivity index (χ1n) is 3.37. The summed E-state index contributed by atoms with van der Waals surface area (Å²) >= 11 is 0. The van der Waals surface area contributed by atoms with E-state index in [-0.39, 0.29) is 5.75 Å². The zero-order valence-corrected chi connectivity index (χ0v) is 6.36. The van der Waals surface area contributed by atoms with Gasteiger partial charge in [-0.2, -0.15) is 10.2 Å². The summed E-state index contributed by atoms with van der Waals surface area (Å²) < 4.78 is 0. The van der Waals surface area contributed by atoms with Gasteiger partial charge in [-0.05, 0) is 6.07 Å². The highest BCUT2D eigenvalue weighted by Crippen LogP contribution is 2.15. The summed E-state index contributed by atoms with van der Waals surface area (Å²) in [4.78, 5) is 0. The van der Waals surface area contributed by atoms with Crippen LogP contribution in [-0.2, 0) is 6.54 Å². The molecule has 0 saturated heterocycles. The van der Waals surface area contributed by atoms with E-state index in [0.717, 1.165) is 5.56 Å². The lowest BCUT2D eigenvalue weighted by Crippen LogP contribution is -1.80. The monoisotopic (exact) mass is 150 g/mol. The van der Waals surface area contributed by atoms with E-state index in [4.69, 9.17) is 0 Å². The minimum Gasteiger partial charge on any atom is -0.508 e. The molecule has 0 unspecified atom stereocenters. The topological polar surface area (TPSA) is 45.0 Å².